The average molecular weight is 947 g/mol. The number of hydrogen-bond acceptors (Lipinski definition) is 5. The molecule has 0 aromatic rings. The van der Waals surface area contributed by atoms with E-state index in [4.69, 9.17) is 4.74 Å². The summed E-state index contributed by atoms with van der Waals surface area (Å²) in [6.07, 6.45) is 68.1. The van der Waals surface area contributed by atoms with Crippen molar-refractivity contribution < 1.29 is 24.5 Å². The monoisotopic (exact) mass is 946 g/mol. The molecule has 1 amide bonds. The number of rotatable bonds is 57. The fourth-order valence-electron chi connectivity index (χ4n) is 9.64. The Morgan fingerprint density at radius 3 is 1.01 bits per heavy atom. The molecule has 2 atom stereocenters. The van der Waals surface area contributed by atoms with E-state index >= 15 is 0 Å². The lowest BCUT2D eigenvalue weighted by molar-refractivity contribution is -0.143. The highest BCUT2D eigenvalue weighted by Gasteiger charge is 2.18. The molecule has 398 valence electrons. The normalized spacial score (nSPS) is 12.6. The minimum absolute atomic E-state index is 0.0106. The van der Waals surface area contributed by atoms with E-state index in [0.29, 0.717) is 19.4 Å². The van der Waals surface area contributed by atoms with Gasteiger partial charge in [-0.2, -0.15) is 0 Å². The Balaban J connectivity index is 3.41. The molecule has 0 aliphatic carbocycles. The lowest BCUT2D eigenvalue weighted by atomic mass is 10.0. The van der Waals surface area contributed by atoms with Gasteiger partial charge in [-0.15, -0.1) is 0 Å². The Morgan fingerprint density at radius 1 is 0.403 bits per heavy atom. The van der Waals surface area contributed by atoms with Gasteiger partial charge in [-0.25, -0.2) is 0 Å². The molecule has 67 heavy (non-hydrogen) atoms. The predicted octanol–water partition coefficient (Wildman–Crippen LogP) is 18.9. The molecule has 0 rings (SSSR count). The van der Waals surface area contributed by atoms with E-state index in [1.165, 1.54) is 276 Å². The number of amides is 1. The van der Waals surface area contributed by atoms with Gasteiger partial charge < -0.3 is 20.3 Å². The van der Waals surface area contributed by atoms with Gasteiger partial charge in [-0.1, -0.05) is 309 Å². The Kier molecular flexibility index (Phi) is 56.0. The standard InChI is InChI=1S/C61H119NO5/c1-3-5-7-9-11-13-15-17-19-25-29-33-37-41-45-49-53-59(64)58(57-63)62-60(65)54-50-46-42-38-34-30-26-23-21-22-24-28-32-36-40-44-48-52-56-67-61(66)55-51-47-43-39-35-31-27-20-18-16-14-12-10-8-6-4-2/h49,53,58-59,63-64H,3-48,50-52,54-57H2,1-2H3,(H,62,65)/b53-49+. The third-order valence-corrected chi connectivity index (χ3v) is 14.3. The van der Waals surface area contributed by atoms with Crippen LogP contribution in [0.1, 0.15) is 341 Å². The van der Waals surface area contributed by atoms with E-state index in [9.17, 15) is 19.8 Å². The zero-order valence-electron chi connectivity index (χ0n) is 45.4. The van der Waals surface area contributed by atoms with Gasteiger partial charge in [0.25, 0.3) is 0 Å². The maximum absolute atomic E-state index is 12.5. The van der Waals surface area contributed by atoms with E-state index in [-0.39, 0.29) is 18.5 Å². The first-order valence-electron chi connectivity index (χ1n) is 30.5. The molecule has 0 fully saturated rings. The van der Waals surface area contributed by atoms with Crippen LogP contribution in [0.15, 0.2) is 12.2 Å². The Morgan fingerprint density at radius 2 is 0.687 bits per heavy atom. The molecule has 0 spiro atoms. The summed E-state index contributed by atoms with van der Waals surface area (Å²) in [6, 6.07) is -0.630. The van der Waals surface area contributed by atoms with Crippen molar-refractivity contribution in [3.05, 3.63) is 12.2 Å². The number of esters is 1. The molecule has 0 heterocycles. The molecule has 6 nitrogen and oxygen atoms in total. The van der Waals surface area contributed by atoms with Crippen molar-refractivity contribution in [1.29, 1.82) is 0 Å². The molecule has 0 saturated carbocycles. The minimum atomic E-state index is -0.846. The molecule has 0 aromatic heterocycles. The van der Waals surface area contributed by atoms with Crippen LogP contribution in [0.4, 0.5) is 0 Å². The lowest BCUT2D eigenvalue weighted by Gasteiger charge is -2.20. The number of ether oxygens (including phenoxy) is 1. The number of carbonyl (C=O) groups is 2. The van der Waals surface area contributed by atoms with E-state index < -0.39 is 12.1 Å². The van der Waals surface area contributed by atoms with E-state index in [1.54, 1.807) is 6.08 Å². The van der Waals surface area contributed by atoms with Gasteiger partial charge in [0.05, 0.1) is 25.4 Å². The van der Waals surface area contributed by atoms with Gasteiger partial charge in [0.1, 0.15) is 0 Å². The Labute approximate surface area is 419 Å². The number of nitrogens with one attached hydrogen (secondary N) is 1. The van der Waals surface area contributed by atoms with Crippen molar-refractivity contribution in [2.75, 3.05) is 13.2 Å². The van der Waals surface area contributed by atoms with Crippen LogP contribution < -0.4 is 5.32 Å². The lowest BCUT2D eigenvalue weighted by Crippen LogP contribution is -2.45. The topological polar surface area (TPSA) is 95.9 Å². The summed E-state index contributed by atoms with van der Waals surface area (Å²) in [7, 11) is 0. The molecule has 0 aromatic carbocycles. The molecule has 0 aliphatic rings. The summed E-state index contributed by atoms with van der Waals surface area (Å²) in [5.41, 5.74) is 0. The molecular formula is C61H119NO5. The highest BCUT2D eigenvalue weighted by molar-refractivity contribution is 5.76. The first-order chi connectivity index (χ1) is 33.0. The Bertz CT molecular complexity index is 1000. The number of allylic oxidation sites excluding steroid dienone is 1. The van der Waals surface area contributed by atoms with Crippen LogP contribution in [0.5, 0.6) is 0 Å². The van der Waals surface area contributed by atoms with Crippen molar-refractivity contribution in [3.8, 4) is 0 Å². The van der Waals surface area contributed by atoms with E-state index in [1.807, 2.05) is 6.08 Å². The zero-order chi connectivity index (χ0) is 48.6. The quantitative estimate of drug-likeness (QED) is 0.0321. The molecule has 2 unspecified atom stereocenters. The fraction of sp³-hybridized carbons (Fsp3) is 0.934. The molecular weight excluding hydrogens is 827 g/mol. The van der Waals surface area contributed by atoms with Crippen LogP contribution in [0, 0.1) is 0 Å². The second-order valence-electron chi connectivity index (χ2n) is 21.0. The summed E-state index contributed by atoms with van der Waals surface area (Å²) < 4.78 is 5.49. The maximum Gasteiger partial charge on any atom is 0.305 e. The van der Waals surface area contributed by atoms with Gasteiger partial charge in [0.2, 0.25) is 5.91 Å². The first kappa shape index (κ1) is 65.6. The number of aliphatic hydroxyl groups excluding tert-OH is 2. The van der Waals surface area contributed by atoms with Crippen molar-refractivity contribution in [1.82, 2.24) is 5.32 Å². The fourth-order valence-corrected chi connectivity index (χ4v) is 9.64. The van der Waals surface area contributed by atoms with Gasteiger partial charge in [0, 0.05) is 12.8 Å². The molecule has 0 aliphatic heterocycles. The first-order valence-corrected chi connectivity index (χ1v) is 30.5. The molecule has 0 saturated heterocycles. The van der Waals surface area contributed by atoms with Crippen LogP contribution in [0.2, 0.25) is 0 Å². The predicted molar refractivity (Wildman–Crippen MR) is 292 cm³/mol. The van der Waals surface area contributed by atoms with E-state index in [0.717, 1.165) is 38.5 Å². The van der Waals surface area contributed by atoms with Crippen LogP contribution in [-0.4, -0.2) is 47.4 Å². The average Bonchev–Trinajstić information content (AvgIpc) is 3.33. The molecule has 3 N–H and O–H groups in total. The van der Waals surface area contributed by atoms with Gasteiger partial charge in [0.15, 0.2) is 0 Å². The summed E-state index contributed by atoms with van der Waals surface area (Å²) in [4.78, 5) is 24.5. The highest BCUT2D eigenvalue weighted by atomic mass is 16.5. The zero-order valence-corrected chi connectivity index (χ0v) is 45.4. The molecule has 0 bridgehead atoms. The second-order valence-corrected chi connectivity index (χ2v) is 21.0. The third-order valence-electron chi connectivity index (χ3n) is 14.3. The summed E-state index contributed by atoms with van der Waals surface area (Å²) >= 11 is 0. The third kappa shape index (κ3) is 53.8. The van der Waals surface area contributed by atoms with Gasteiger partial charge in [-0.3, -0.25) is 9.59 Å². The summed E-state index contributed by atoms with van der Waals surface area (Å²) in [5, 5.41) is 23.1. The van der Waals surface area contributed by atoms with E-state index in [2.05, 4.69) is 19.2 Å². The van der Waals surface area contributed by atoms with Crippen LogP contribution in [0.3, 0.4) is 0 Å². The van der Waals surface area contributed by atoms with Crippen molar-refractivity contribution in [3.63, 3.8) is 0 Å². The summed E-state index contributed by atoms with van der Waals surface area (Å²) in [6.45, 7) is 4.92. The number of carbonyl (C=O) groups excluding carboxylic acids is 2. The Hall–Kier alpha value is -1.40. The van der Waals surface area contributed by atoms with Crippen LogP contribution >= 0.6 is 0 Å². The number of unbranched alkanes of at least 4 members (excludes halogenated alkanes) is 46. The van der Waals surface area contributed by atoms with Crippen LogP contribution in [-0.2, 0) is 14.3 Å². The van der Waals surface area contributed by atoms with Crippen molar-refractivity contribution in [2.45, 2.75) is 353 Å². The SMILES string of the molecule is CCCCCCCCCCCCCCCC/C=C/C(O)C(CO)NC(=O)CCCCCCCCCCCCCCCCCCCCOC(=O)CCCCCCCCCCCCCCCCCC. The minimum Gasteiger partial charge on any atom is -0.466 e. The van der Waals surface area contributed by atoms with Crippen molar-refractivity contribution >= 4 is 11.9 Å². The van der Waals surface area contributed by atoms with Gasteiger partial charge >= 0.3 is 5.97 Å². The molecule has 6 heteroatoms. The number of aliphatic hydroxyl groups is 2. The largest absolute Gasteiger partial charge is 0.466 e. The second kappa shape index (κ2) is 57.2. The molecule has 0 radical (unpaired) electrons. The van der Waals surface area contributed by atoms with Gasteiger partial charge in [-0.05, 0) is 32.1 Å². The van der Waals surface area contributed by atoms with Crippen LogP contribution in [0.25, 0.3) is 0 Å². The smallest absolute Gasteiger partial charge is 0.305 e. The van der Waals surface area contributed by atoms with Crippen molar-refractivity contribution in [2.24, 2.45) is 0 Å². The number of hydrogen-bond donors (Lipinski definition) is 3. The maximum atomic E-state index is 12.5. The summed E-state index contributed by atoms with van der Waals surface area (Å²) in [5.74, 6) is -0.0587. The highest BCUT2D eigenvalue weighted by Crippen LogP contribution is 2.18.